The van der Waals surface area contributed by atoms with Gasteiger partial charge in [0.25, 0.3) is 5.91 Å². The number of halogens is 1. The van der Waals surface area contributed by atoms with Crippen LogP contribution in [0.2, 0.25) is 5.02 Å². The molecular formula is C27H26ClN5O4S. The van der Waals surface area contributed by atoms with E-state index < -0.39 is 0 Å². The average Bonchev–Trinajstić information content (AvgIpc) is 3.36. The van der Waals surface area contributed by atoms with E-state index >= 15 is 0 Å². The van der Waals surface area contributed by atoms with Gasteiger partial charge in [-0.25, -0.2) is 5.43 Å². The molecule has 9 nitrogen and oxygen atoms in total. The molecule has 4 aromatic rings. The molecular weight excluding hydrogens is 526 g/mol. The minimum atomic E-state index is -0.312. The summed E-state index contributed by atoms with van der Waals surface area (Å²) in [6, 6.07) is 18.9. The topological polar surface area (TPSA) is 99.9 Å². The van der Waals surface area contributed by atoms with Crippen molar-refractivity contribution in [3.63, 3.8) is 0 Å². The van der Waals surface area contributed by atoms with Crippen LogP contribution >= 0.6 is 23.4 Å². The summed E-state index contributed by atoms with van der Waals surface area (Å²) in [7, 11) is 4.58. The Morgan fingerprint density at radius 2 is 1.68 bits per heavy atom. The van der Waals surface area contributed by atoms with Gasteiger partial charge in [-0.3, -0.25) is 9.36 Å². The Balaban J connectivity index is 1.50. The summed E-state index contributed by atoms with van der Waals surface area (Å²) in [5.74, 6) is 1.82. The predicted molar refractivity (Wildman–Crippen MR) is 149 cm³/mol. The van der Waals surface area contributed by atoms with Crippen LogP contribution in [0, 0.1) is 6.92 Å². The van der Waals surface area contributed by atoms with Crippen LogP contribution in [0.25, 0.3) is 17.1 Å². The van der Waals surface area contributed by atoms with E-state index in [1.807, 2.05) is 47.9 Å². The Hall–Kier alpha value is -4.02. The summed E-state index contributed by atoms with van der Waals surface area (Å²) >= 11 is 7.35. The third-order valence-corrected chi connectivity index (χ3v) is 6.67. The second kappa shape index (κ2) is 12.5. The van der Waals surface area contributed by atoms with Crippen molar-refractivity contribution in [2.24, 2.45) is 5.10 Å². The van der Waals surface area contributed by atoms with Gasteiger partial charge in [0, 0.05) is 21.8 Å². The number of hydrogen-bond donors (Lipinski definition) is 1. The largest absolute Gasteiger partial charge is 0.493 e. The van der Waals surface area contributed by atoms with E-state index in [1.165, 1.54) is 32.2 Å². The van der Waals surface area contributed by atoms with Crippen LogP contribution < -0.4 is 19.6 Å². The second-order valence-electron chi connectivity index (χ2n) is 7.99. The Labute approximate surface area is 229 Å². The van der Waals surface area contributed by atoms with Crippen LogP contribution in [0.1, 0.15) is 11.1 Å². The minimum Gasteiger partial charge on any atom is -0.493 e. The number of nitrogens with zero attached hydrogens (tertiary/aromatic N) is 4. The first-order valence-electron chi connectivity index (χ1n) is 11.5. The maximum absolute atomic E-state index is 12.6. The molecule has 1 aromatic heterocycles. The number of methoxy groups -OCH3 is 3. The fourth-order valence-electron chi connectivity index (χ4n) is 3.64. The zero-order valence-corrected chi connectivity index (χ0v) is 22.8. The molecule has 38 heavy (non-hydrogen) atoms. The maximum Gasteiger partial charge on any atom is 0.250 e. The van der Waals surface area contributed by atoms with Gasteiger partial charge >= 0.3 is 0 Å². The van der Waals surface area contributed by atoms with Crippen molar-refractivity contribution in [3.05, 3.63) is 76.8 Å². The summed E-state index contributed by atoms with van der Waals surface area (Å²) in [6.07, 6.45) is 1.48. The zero-order valence-electron chi connectivity index (χ0n) is 21.3. The van der Waals surface area contributed by atoms with E-state index in [0.29, 0.717) is 38.8 Å². The SMILES string of the molecule is COc1ccc(/C=N/NC(=O)CSc2nnc(-c3ccc(C)cc3)n2-c2ccc(Cl)cc2)c(OC)c1OC. The lowest BCUT2D eigenvalue weighted by molar-refractivity contribution is -0.118. The number of hydrazone groups is 1. The van der Waals surface area contributed by atoms with E-state index in [0.717, 1.165) is 16.8 Å². The van der Waals surface area contributed by atoms with E-state index in [2.05, 4.69) is 20.7 Å². The average molecular weight is 552 g/mol. The van der Waals surface area contributed by atoms with Crippen LogP contribution in [0.3, 0.4) is 0 Å². The van der Waals surface area contributed by atoms with Crippen molar-refractivity contribution < 1.29 is 19.0 Å². The van der Waals surface area contributed by atoms with Crippen LogP contribution in [-0.2, 0) is 4.79 Å². The third kappa shape index (κ3) is 6.09. The molecule has 196 valence electrons. The monoisotopic (exact) mass is 551 g/mol. The second-order valence-corrected chi connectivity index (χ2v) is 9.37. The van der Waals surface area contributed by atoms with Gasteiger partial charge in [-0.05, 0) is 43.3 Å². The molecule has 0 aliphatic heterocycles. The van der Waals surface area contributed by atoms with Crippen LogP contribution in [0.5, 0.6) is 17.2 Å². The van der Waals surface area contributed by atoms with Gasteiger partial charge in [-0.2, -0.15) is 5.10 Å². The van der Waals surface area contributed by atoms with Gasteiger partial charge in [0.15, 0.2) is 22.5 Å². The number of nitrogens with one attached hydrogen (secondary N) is 1. The lowest BCUT2D eigenvalue weighted by Crippen LogP contribution is -2.20. The lowest BCUT2D eigenvalue weighted by atomic mass is 10.1. The fraction of sp³-hybridized carbons (Fsp3) is 0.185. The van der Waals surface area contributed by atoms with Gasteiger partial charge < -0.3 is 14.2 Å². The maximum atomic E-state index is 12.6. The Bertz CT molecular complexity index is 1440. The number of amides is 1. The summed E-state index contributed by atoms with van der Waals surface area (Å²) in [4.78, 5) is 12.6. The molecule has 0 bridgehead atoms. The summed E-state index contributed by atoms with van der Waals surface area (Å²) in [6.45, 7) is 2.03. The molecule has 1 N–H and O–H groups in total. The highest BCUT2D eigenvalue weighted by molar-refractivity contribution is 7.99. The first kappa shape index (κ1) is 27.0. The highest BCUT2D eigenvalue weighted by atomic mass is 35.5. The molecule has 3 aromatic carbocycles. The number of hydrogen-bond acceptors (Lipinski definition) is 8. The van der Waals surface area contributed by atoms with Crippen LogP contribution in [0.15, 0.2) is 70.9 Å². The normalized spacial score (nSPS) is 11.0. The van der Waals surface area contributed by atoms with Gasteiger partial charge in [0.1, 0.15) is 0 Å². The first-order valence-corrected chi connectivity index (χ1v) is 12.8. The molecule has 11 heteroatoms. The molecule has 0 spiro atoms. The molecule has 0 aliphatic carbocycles. The highest BCUT2D eigenvalue weighted by Gasteiger charge is 2.18. The van der Waals surface area contributed by atoms with Crippen molar-refractivity contribution in [1.29, 1.82) is 0 Å². The van der Waals surface area contributed by atoms with Gasteiger partial charge in [-0.15, -0.1) is 10.2 Å². The standard InChI is InChI=1S/C27H26ClN5O4S/c1-17-5-7-18(8-6-17)26-31-32-27(33(26)21-12-10-20(28)11-13-21)38-16-23(34)30-29-15-19-9-14-22(35-2)25(37-4)24(19)36-3/h5-15H,16H2,1-4H3,(H,30,34)/b29-15+. The quantitative estimate of drug-likeness (QED) is 0.165. The van der Waals surface area contributed by atoms with Gasteiger partial charge in [0.2, 0.25) is 5.75 Å². The number of thioether (sulfide) groups is 1. The van der Waals surface area contributed by atoms with E-state index in [-0.39, 0.29) is 11.7 Å². The smallest absolute Gasteiger partial charge is 0.250 e. The molecule has 0 radical (unpaired) electrons. The van der Waals surface area contributed by atoms with Gasteiger partial charge in [-0.1, -0.05) is 53.2 Å². The molecule has 1 amide bonds. The number of carbonyl (C=O) groups excluding carboxylic acids is 1. The Kier molecular flexibility index (Phi) is 8.88. The summed E-state index contributed by atoms with van der Waals surface area (Å²) < 4.78 is 18.0. The summed E-state index contributed by atoms with van der Waals surface area (Å²) in [5, 5.41) is 14.0. The number of aryl methyl sites for hydroxylation is 1. The van der Waals surface area contributed by atoms with E-state index in [9.17, 15) is 4.79 Å². The van der Waals surface area contributed by atoms with Crippen molar-refractivity contribution in [1.82, 2.24) is 20.2 Å². The molecule has 0 fully saturated rings. The van der Waals surface area contributed by atoms with Crippen molar-refractivity contribution in [2.45, 2.75) is 12.1 Å². The molecule has 0 unspecified atom stereocenters. The first-order chi connectivity index (χ1) is 18.4. The van der Waals surface area contributed by atoms with E-state index in [1.54, 1.807) is 31.4 Å². The van der Waals surface area contributed by atoms with Crippen molar-refractivity contribution in [2.75, 3.05) is 27.1 Å². The number of rotatable bonds is 10. The van der Waals surface area contributed by atoms with Crippen LogP contribution in [-0.4, -0.2) is 54.0 Å². The van der Waals surface area contributed by atoms with Crippen molar-refractivity contribution in [3.8, 4) is 34.3 Å². The Morgan fingerprint density at radius 1 is 0.974 bits per heavy atom. The molecule has 0 saturated carbocycles. The predicted octanol–water partition coefficient (Wildman–Crippen LogP) is 5.16. The summed E-state index contributed by atoms with van der Waals surface area (Å²) in [5.41, 5.74) is 6.03. The number of aromatic nitrogens is 3. The van der Waals surface area contributed by atoms with Crippen LogP contribution in [0.4, 0.5) is 0 Å². The number of benzene rings is 3. The van der Waals surface area contributed by atoms with E-state index in [4.69, 9.17) is 25.8 Å². The third-order valence-electron chi connectivity index (χ3n) is 5.49. The number of carbonyl (C=O) groups is 1. The molecule has 1 heterocycles. The molecule has 0 aliphatic rings. The molecule has 0 atom stereocenters. The molecule has 4 rings (SSSR count). The Morgan fingerprint density at radius 3 is 2.34 bits per heavy atom. The van der Waals surface area contributed by atoms with Crippen molar-refractivity contribution >= 4 is 35.5 Å². The minimum absolute atomic E-state index is 0.0695. The van der Waals surface area contributed by atoms with Gasteiger partial charge in [0.05, 0.1) is 33.3 Å². The highest BCUT2D eigenvalue weighted by Crippen LogP contribution is 2.39. The number of ether oxygens (including phenoxy) is 3. The fourth-order valence-corrected chi connectivity index (χ4v) is 4.51. The zero-order chi connectivity index (χ0) is 27.1. The lowest BCUT2D eigenvalue weighted by Gasteiger charge is -2.13. The molecule has 0 saturated heterocycles.